The van der Waals surface area contributed by atoms with Gasteiger partial charge in [-0.2, -0.15) is 18.3 Å². The fraction of sp³-hybridized carbons (Fsp3) is 0.579. The minimum absolute atomic E-state index is 0.0168. The number of rotatable bonds is 6. The van der Waals surface area contributed by atoms with Crippen molar-refractivity contribution in [1.82, 2.24) is 30.0 Å². The Labute approximate surface area is 185 Å². The molecule has 4 rings (SSSR count). The van der Waals surface area contributed by atoms with E-state index in [1.165, 1.54) is 17.1 Å². The van der Waals surface area contributed by atoms with E-state index in [0.717, 1.165) is 12.0 Å². The number of methoxy groups -OCH3 is 1. The molecule has 2 aromatic heterocycles. The zero-order valence-electron chi connectivity index (χ0n) is 17.6. The molecule has 0 aliphatic carbocycles. The van der Waals surface area contributed by atoms with Crippen molar-refractivity contribution in [3.63, 3.8) is 0 Å². The molecule has 4 heterocycles. The summed E-state index contributed by atoms with van der Waals surface area (Å²) in [5.74, 6) is -0.978. The van der Waals surface area contributed by atoms with Crippen molar-refractivity contribution in [3.05, 3.63) is 18.1 Å². The first-order valence-electron chi connectivity index (χ1n) is 10.3. The van der Waals surface area contributed by atoms with E-state index < -0.39 is 30.3 Å². The van der Waals surface area contributed by atoms with Crippen molar-refractivity contribution in [2.24, 2.45) is 0 Å². The van der Waals surface area contributed by atoms with Crippen LogP contribution in [0.3, 0.4) is 0 Å². The molecule has 1 amide bonds. The number of alkyl halides is 5. The van der Waals surface area contributed by atoms with Gasteiger partial charge in [-0.05, 0) is 6.42 Å². The summed E-state index contributed by atoms with van der Waals surface area (Å²) < 4.78 is 73.5. The molecule has 2 fully saturated rings. The lowest BCUT2D eigenvalue weighted by molar-refractivity contribution is -0.160. The Hall–Kier alpha value is -3.03. The summed E-state index contributed by atoms with van der Waals surface area (Å²) in [6, 6.07) is -1.84. The van der Waals surface area contributed by atoms with Crippen LogP contribution in [0.1, 0.15) is 18.5 Å². The van der Waals surface area contributed by atoms with Crippen LogP contribution < -0.4 is 15.0 Å². The number of piperazine rings is 1. The van der Waals surface area contributed by atoms with Crippen molar-refractivity contribution >= 4 is 11.9 Å². The van der Waals surface area contributed by atoms with Crippen LogP contribution in [0.2, 0.25) is 0 Å². The Morgan fingerprint density at radius 1 is 1.24 bits per heavy atom. The fourth-order valence-electron chi connectivity index (χ4n) is 3.82. The number of ether oxygens (including phenoxy) is 1. The maximum atomic E-state index is 13.7. The molecule has 0 aromatic carbocycles. The number of carbonyl (C=O) groups excluding carboxylic acids is 1. The average Bonchev–Trinajstić information content (AvgIpc) is 3.20. The fourth-order valence-corrected chi connectivity index (χ4v) is 3.82. The van der Waals surface area contributed by atoms with Gasteiger partial charge in [0.1, 0.15) is 18.3 Å². The van der Waals surface area contributed by atoms with Crippen molar-refractivity contribution in [2.45, 2.75) is 31.6 Å². The molecule has 2 aliphatic heterocycles. The molecular formula is C19H22F5N7O2. The lowest BCUT2D eigenvalue weighted by Gasteiger charge is -2.41. The second kappa shape index (κ2) is 9.08. The van der Waals surface area contributed by atoms with Gasteiger partial charge in [0, 0.05) is 44.5 Å². The maximum Gasteiger partial charge on any atom is 0.408 e. The van der Waals surface area contributed by atoms with Crippen LogP contribution in [0, 0.1) is 0 Å². The molecule has 0 unspecified atom stereocenters. The number of amides is 1. The third-order valence-electron chi connectivity index (χ3n) is 5.62. The van der Waals surface area contributed by atoms with Gasteiger partial charge in [0.05, 0.1) is 13.3 Å². The monoisotopic (exact) mass is 475 g/mol. The van der Waals surface area contributed by atoms with Crippen LogP contribution in [0.15, 0.2) is 12.4 Å². The van der Waals surface area contributed by atoms with Crippen molar-refractivity contribution < 1.29 is 31.5 Å². The second-order valence-corrected chi connectivity index (χ2v) is 7.69. The molecule has 9 nitrogen and oxygen atoms in total. The highest BCUT2D eigenvalue weighted by Gasteiger charge is 2.50. The first kappa shape index (κ1) is 23.1. The zero-order valence-corrected chi connectivity index (χ0v) is 17.6. The van der Waals surface area contributed by atoms with Crippen molar-refractivity contribution in [2.75, 3.05) is 44.7 Å². The van der Waals surface area contributed by atoms with Gasteiger partial charge in [0.25, 0.3) is 6.43 Å². The molecule has 0 saturated carbocycles. The molecule has 33 heavy (non-hydrogen) atoms. The van der Waals surface area contributed by atoms with E-state index in [4.69, 9.17) is 4.74 Å². The third kappa shape index (κ3) is 4.70. The second-order valence-electron chi connectivity index (χ2n) is 7.69. The normalized spacial score (nSPS) is 19.1. The molecular weight excluding hydrogens is 453 g/mol. The van der Waals surface area contributed by atoms with E-state index in [9.17, 15) is 26.7 Å². The molecule has 2 aliphatic rings. The van der Waals surface area contributed by atoms with Crippen molar-refractivity contribution in [3.8, 4) is 17.0 Å². The number of nitrogens with one attached hydrogen (secondary N) is 1. The molecule has 14 heteroatoms. The maximum absolute atomic E-state index is 13.7. The number of hydrogen-bond donors (Lipinski definition) is 1. The topological polar surface area (TPSA) is 88.4 Å². The van der Waals surface area contributed by atoms with E-state index in [1.807, 2.05) is 0 Å². The molecule has 180 valence electrons. The van der Waals surface area contributed by atoms with E-state index in [2.05, 4.69) is 20.4 Å². The molecule has 2 saturated heterocycles. The van der Waals surface area contributed by atoms with Crippen molar-refractivity contribution in [1.29, 1.82) is 0 Å². The smallest absolute Gasteiger partial charge is 0.408 e. The summed E-state index contributed by atoms with van der Waals surface area (Å²) in [4.78, 5) is 22.8. The van der Waals surface area contributed by atoms with Gasteiger partial charge in [-0.15, -0.1) is 0 Å². The predicted molar refractivity (Wildman–Crippen MR) is 106 cm³/mol. The largest absolute Gasteiger partial charge is 0.492 e. The Kier molecular flexibility index (Phi) is 6.36. The quantitative estimate of drug-likeness (QED) is 0.638. The number of halogens is 5. The summed E-state index contributed by atoms with van der Waals surface area (Å²) in [6.07, 6.45) is -5.10. The highest BCUT2D eigenvalue weighted by molar-refractivity contribution is 5.76. The van der Waals surface area contributed by atoms with Gasteiger partial charge < -0.3 is 19.9 Å². The van der Waals surface area contributed by atoms with Gasteiger partial charge in [0.2, 0.25) is 11.9 Å². The average molecular weight is 475 g/mol. The summed E-state index contributed by atoms with van der Waals surface area (Å²) >= 11 is 0. The minimum Gasteiger partial charge on any atom is -0.492 e. The third-order valence-corrected chi connectivity index (χ3v) is 5.62. The van der Waals surface area contributed by atoms with Crippen LogP contribution >= 0.6 is 0 Å². The standard InChI is InChI=1S/C19H22F5N7O2/c1-33-16-14(11-8-26-30(9-11)10-13(32)29-6-3-25-4-7-29)27-18(28-15(16)17(20)21)31-5-2-12(31)19(22,23)24/h8-9,12,17,25H,2-7,10H2,1H3/t12-/m1/s1. The molecule has 2 aromatic rings. The summed E-state index contributed by atoms with van der Waals surface area (Å²) in [6.45, 7) is 2.39. The predicted octanol–water partition coefficient (Wildman–Crippen LogP) is 1.86. The summed E-state index contributed by atoms with van der Waals surface area (Å²) in [5.41, 5.74) is -0.712. The molecule has 0 radical (unpaired) electrons. The SMILES string of the molecule is COc1c(-c2cnn(CC(=O)N3CCNCC3)c2)nc(N2CC[C@@H]2C(F)(F)F)nc1C(F)F. The van der Waals surface area contributed by atoms with E-state index in [0.29, 0.717) is 26.2 Å². The van der Waals surface area contributed by atoms with Gasteiger partial charge in [-0.3, -0.25) is 9.48 Å². The van der Waals surface area contributed by atoms with Gasteiger partial charge >= 0.3 is 6.18 Å². The van der Waals surface area contributed by atoms with E-state index in [1.54, 1.807) is 4.90 Å². The van der Waals surface area contributed by atoms with Crippen LogP contribution in [0.4, 0.5) is 27.9 Å². The lowest BCUT2D eigenvalue weighted by atomic mass is 10.0. The van der Waals surface area contributed by atoms with Crippen LogP contribution in [-0.2, 0) is 11.3 Å². The Morgan fingerprint density at radius 2 is 1.97 bits per heavy atom. The molecule has 1 atom stereocenters. The molecule has 1 N–H and O–H groups in total. The number of anilines is 1. The minimum atomic E-state index is -4.54. The number of hydrogen-bond acceptors (Lipinski definition) is 7. The van der Waals surface area contributed by atoms with Gasteiger partial charge in [0.15, 0.2) is 11.4 Å². The Bertz CT molecular complexity index is 1010. The molecule has 0 spiro atoms. The van der Waals surface area contributed by atoms with Crippen LogP contribution in [0.5, 0.6) is 5.75 Å². The Balaban J connectivity index is 1.65. The van der Waals surface area contributed by atoms with E-state index in [-0.39, 0.29) is 42.4 Å². The number of carbonyl (C=O) groups is 1. The highest BCUT2D eigenvalue weighted by Crippen LogP contribution is 2.41. The van der Waals surface area contributed by atoms with Gasteiger partial charge in [-0.1, -0.05) is 0 Å². The van der Waals surface area contributed by atoms with Crippen LogP contribution in [0.25, 0.3) is 11.3 Å². The van der Waals surface area contributed by atoms with Crippen LogP contribution in [-0.4, -0.2) is 82.6 Å². The highest BCUT2D eigenvalue weighted by atomic mass is 19.4. The van der Waals surface area contributed by atoms with Gasteiger partial charge in [-0.25, -0.2) is 18.7 Å². The first-order valence-corrected chi connectivity index (χ1v) is 10.3. The number of nitrogens with zero attached hydrogens (tertiary/aromatic N) is 6. The summed E-state index contributed by atoms with van der Waals surface area (Å²) in [5, 5.41) is 7.24. The number of aromatic nitrogens is 4. The lowest BCUT2D eigenvalue weighted by Crippen LogP contribution is -2.56. The van der Waals surface area contributed by atoms with E-state index >= 15 is 0 Å². The molecule has 0 bridgehead atoms. The summed E-state index contributed by atoms with van der Waals surface area (Å²) in [7, 11) is 1.15. The zero-order chi connectivity index (χ0) is 23.8. The Morgan fingerprint density at radius 3 is 2.55 bits per heavy atom. The first-order chi connectivity index (χ1) is 15.7.